The Bertz CT molecular complexity index is 1620. The summed E-state index contributed by atoms with van der Waals surface area (Å²) in [4.78, 5) is 13.5. The lowest BCUT2D eigenvalue weighted by Crippen LogP contribution is -2.02. The van der Waals surface area contributed by atoms with E-state index < -0.39 is 0 Å². The van der Waals surface area contributed by atoms with Gasteiger partial charge in [0.2, 0.25) is 0 Å². The molecule has 0 saturated heterocycles. The van der Waals surface area contributed by atoms with E-state index in [0.717, 1.165) is 50.7 Å². The molecule has 172 valence electrons. The van der Waals surface area contributed by atoms with Gasteiger partial charge in [0.15, 0.2) is 0 Å². The fourth-order valence-corrected chi connectivity index (χ4v) is 4.09. The third-order valence-corrected chi connectivity index (χ3v) is 5.95. The summed E-state index contributed by atoms with van der Waals surface area (Å²) in [7, 11) is 3.83. The fourth-order valence-electron chi connectivity index (χ4n) is 4.09. The summed E-state index contributed by atoms with van der Waals surface area (Å²) in [5.74, 6) is 0.758. The first-order chi connectivity index (χ1) is 17.1. The van der Waals surface area contributed by atoms with Gasteiger partial charge in [-0.3, -0.25) is 13.8 Å². The van der Waals surface area contributed by atoms with E-state index in [1.165, 1.54) is 0 Å². The standard InChI is InChI=1S/C26H23N9/c1-33-15-21(12-31-33)19-5-3-18(4-6-19)11-27-25-10-23(29-17-30-25)24-14-28-26-9-20(7-8-35(24)26)22-13-32-34(2)16-22/h3-10,12-17H,11H2,1-2H3,(H,27,29,30). The highest BCUT2D eigenvalue weighted by Gasteiger charge is 2.10. The quantitative estimate of drug-likeness (QED) is 0.400. The van der Waals surface area contributed by atoms with Crippen LogP contribution in [0.2, 0.25) is 0 Å². The highest BCUT2D eigenvalue weighted by atomic mass is 15.2. The van der Waals surface area contributed by atoms with E-state index in [2.05, 4.69) is 66.9 Å². The van der Waals surface area contributed by atoms with Gasteiger partial charge in [-0.2, -0.15) is 10.2 Å². The number of nitrogens with one attached hydrogen (secondary N) is 1. The van der Waals surface area contributed by atoms with Gasteiger partial charge in [0, 0.05) is 56.4 Å². The van der Waals surface area contributed by atoms with Crippen LogP contribution in [0.15, 0.2) is 86.0 Å². The Morgan fingerprint density at radius 3 is 2.20 bits per heavy atom. The van der Waals surface area contributed by atoms with Gasteiger partial charge in [-0.05, 0) is 28.8 Å². The van der Waals surface area contributed by atoms with Crippen molar-refractivity contribution in [3.05, 3.63) is 91.5 Å². The van der Waals surface area contributed by atoms with Gasteiger partial charge in [-0.25, -0.2) is 15.0 Å². The number of hydrogen-bond donors (Lipinski definition) is 1. The van der Waals surface area contributed by atoms with Crippen molar-refractivity contribution in [3.8, 4) is 33.6 Å². The van der Waals surface area contributed by atoms with Crippen LogP contribution in [0.25, 0.3) is 39.3 Å². The number of pyridine rings is 1. The highest BCUT2D eigenvalue weighted by molar-refractivity contribution is 5.70. The Morgan fingerprint density at radius 2 is 1.49 bits per heavy atom. The van der Waals surface area contributed by atoms with Crippen LogP contribution in [0.5, 0.6) is 0 Å². The van der Waals surface area contributed by atoms with Crippen molar-refractivity contribution in [1.29, 1.82) is 0 Å². The first-order valence-corrected chi connectivity index (χ1v) is 11.2. The molecule has 9 heteroatoms. The average Bonchev–Trinajstić information content (AvgIpc) is 3.62. The van der Waals surface area contributed by atoms with Gasteiger partial charge >= 0.3 is 0 Å². The van der Waals surface area contributed by atoms with E-state index >= 15 is 0 Å². The zero-order chi connectivity index (χ0) is 23.8. The minimum atomic E-state index is 0.658. The van der Waals surface area contributed by atoms with Crippen LogP contribution in [-0.4, -0.2) is 38.9 Å². The number of rotatable bonds is 6. The number of anilines is 1. The summed E-state index contributed by atoms with van der Waals surface area (Å²) in [6, 6.07) is 14.5. The highest BCUT2D eigenvalue weighted by Crippen LogP contribution is 2.25. The largest absolute Gasteiger partial charge is 0.366 e. The average molecular weight is 462 g/mol. The number of aryl methyl sites for hydroxylation is 2. The van der Waals surface area contributed by atoms with Crippen LogP contribution in [0, 0.1) is 0 Å². The Morgan fingerprint density at radius 1 is 0.743 bits per heavy atom. The molecule has 5 heterocycles. The number of imidazole rings is 1. The topological polar surface area (TPSA) is 90.8 Å². The van der Waals surface area contributed by atoms with Crippen LogP contribution in [0.4, 0.5) is 5.82 Å². The number of aromatic nitrogens is 8. The zero-order valence-corrected chi connectivity index (χ0v) is 19.4. The Kier molecular flexibility index (Phi) is 5.07. The van der Waals surface area contributed by atoms with E-state index in [9.17, 15) is 0 Å². The van der Waals surface area contributed by atoms with Crippen LogP contribution in [0.3, 0.4) is 0 Å². The molecule has 0 aliphatic rings. The third-order valence-electron chi connectivity index (χ3n) is 5.95. The van der Waals surface area contributed by atoms with Crippen molar-refractivity contribution in [3.63, 3.8) is 0 Å². The van der Waals surface area contributed by atoms with Crippen molar-refractivity contribution >= 4 is 11.5 Å². The van der Waals surface area contributed by atoms with Crippen molar-refractivity contribution < 1.29 is 0 Å². The summed E-state index contributed by atoms with van der Waals surface area (Å²) >= 11 is 0. The summed E-state index contributed by atoms with van der Waals surface area (Å²) < 4.78 is 5.63. The van der Waals surface area contributed by atoms with Crippen LogP contribution in [-0.2, 0) is 20.6 Å². The minimum Gasteiger partial charge on any atom is -0.366 e. The lowest BCUT2D eigenvalue weighted by Gasteiger charge is -2.08. The molecule has 0 amide bonds. The van der Waals surface area contributed by atoms with Crippen LogP contribution in [0.1, 0.15) is 5.56 Å². The van der Waals surface area contributed by atoms with E-state index in [-0.39, 0.29) is 0 Å². The molecule has 0 unspecified atom stereocenters. The summed E-state index contributed by atoms with van der Waals surface area (Å²) in [5, 5.41) is 11.9. The second kappa shape index (κ2) is 8.53. The predicted octanol–water partition coefficient (Wildman–Crippen LogP) is 4.20. The van der Waals surface area contributed by atoms with Gasteiger partial charge in [-0.15, -0.1) is 0 Å². The summed E-state index contributed by atoms with van der Waals surface area (Å²) in [6.07, 6.45) is 13.1. The number of benzene rings is 1. The Hall–Kier alpha value is -4.79. The lowest BCUT2D eigenvalue weighted by molar-refractivity contribution is 0.768. The molecule has 35 heavy (non-hydrogen) atoms. The van der Waals surface area contributed by atoms with Crippen molar-refractivity contribution in [1.82, 2.24) is 38.9 Å². The second-order valence-corrected chi connectivity index (χ2v) is 8.43. The van der Waals surface area contributed by atoms with Crippen molar-refractivity contribution in [2.24, 2.45) is 14.1 Å². The summed E-state index contributed by atoms with van der Waals surface area (Å²) in [5.41, 5.74) is 8.10. The number of nitrogens with zero attached hydrogens (tertiary/aromatic N) is 8. The van der Waals surface area contributed by atoms with Gasteiger partial charge in [-0.1, -0.05) is 24.3 Å². The molecule has 0 bridgehead atoms. The molecular weight excluding hydrogens is 438 g/mol. The van der Waals surface area contributed by atoms with Gasteiger partial charge in [0.1, 0.15) is 17.8 Å². The molecule has 5 aromatic heterocycles. The minimum absolute atomic E-state index is 0.658. The van der Waals surface area contributed by atoms with Gasteiger partial charge in [0.05, 0.1) is 30.0 Å². The second-order valence-electron chi connectivity index (χ2n) is 8.43. The third kappa shape index (κ3) is 4.15. The molecule has 0 spiro atoms. The summed E-state index contributed by atoms with van der Waals surface area (Å²) in [6.45, 7) is 0.658. The van der Waals surface area contributed by atoms with Crippen molar-refractivity contribution in [2.75, 3.05) is 5.32 Å². The van der Waals surface area contributed by atoms with Gasteiger partial charge in [0.25, 0.3) is 0 Å². The number of hydrogen-bond acceptors (Lipinski definition) is 6. The fraction of sp³-hybridized carbons (Fsp3) is 0.115. The maximum atomic E-state index is 4.59. The van der Waals surface area contributed by atoms with E-state index in [0.29, 0.717) is 6.54 Å². The molecule has 0 aliphatic carbocycles. The SMILES string of the molecule is Cn1cc(-c2ccc(CNc3cc(-c4cnc5cc(-c6cnn(C)c6)ccn45)ncn3)cc2)cn1. The maximum Gasteiger partial charge on any atom is 0.137 e. The normalized spacial score (nSPS) is 11.3. The molecular formula is C26H23N9. The first kappa shape index (κ1) is 20.8. The molecule has 1 N–H and O–H groups in total. The molecule has 0 atom stereocenters. The van der Waals surface area contributed by atoms with E-state index in [4.69, 9.17) is 0 Å². The van der Waals surface area contributed by atoms with E-state index in [1.54, 1.807) is 15.7 Å². The Balaban J connectivity index is 1.19. The molecule has 1 aromatic carbocycles. The lowest BCUT2D eigenvalue weighted by atomic mass is 10.1. The van der Waals surface area contributed by atoms with Crippen LogP contribution < -0.4 is 5.32 Å². The van der Waals surface area contributed by atoms with Crippen LogP contribution >= 0.6 is 0 Å². The number of fused-ring (bicyclic) bond motifs is 1. The Labute approximate surface area is 201 Å². The monoisotopic (exact) mass is 461 g/mol. The molecule has 0 saturated carbocycles. The molecule has 0 aliphatic heterocycles. The zero-order valence-electron chi connectivity index (χ0n) is 19.4. The molecule has 0 fully saturated rings. The molecule has 9 nitrogen and oxygen atoms in total. The van der Waals surface area contributed by atoms with E-state index in [1.807, 2.05) is 61.7 Å². The molecule has 6 rings (SSSR count). The smallest absolute Gasteiger partial charge is 0.137 e. The predicted molar refractivity (Wildman–Crippen MR) is 134 cm³/mol. The first-order valence-electron chi connectivity index (χ1n) is 11.2. The maximum absolute atomic E-state index is 4.59. The van der Waals surface area contributed by atoms with Gasteiger partial charge < -0.3 is 5.32 Å². The molecule has 6 aromatic rings. The molecule has 0 radical (unpaired) electrons. The van der Waals surface area contributed by atoms with Crippen molar-refractivity contribution in [2.45, 2.75) is 6.54 Å².